The van der Waals surface area contributed by atoms with Gasteiger partial charge in [0.25, 0.3) is 0 Å². The highest BCUT2D eigenvalue weighted by Crippen LogP contribution is 2.72. The molecule has 2 rings (SSSR count). The van der Waals surface area contributed by atoms with Crippen LogP contribution in [-0.2, 0) is 0 Å². The van der Waals surface area contributed by atoms with Gasteiger partial charge in [-0.25, -0.2) is 0 Å². The number of likely N-dealkylation sites (tertiary alicyclic amines) is 1. The fourth-order valence-electron chi connectivity index (χ4n) is 3.23. The fourth-order valence-corrected chi connectivity index (χ4v) is 3.23. The smallest absolute Gasteiger partial charge is 0.0540 e. The van der Waals surface area contributed by atoms with Crippen LogP contribution in [0.25, 0.3) is 0 Å². The van der Waals surface area contributed by atoms with E-state index in [1.807, 2.05) is 6.92 Å². The van der Waals surface area contributed by atoms with Crippen molar-refractivity contribution in [2.45, 2.75) is 27.7 Å². The molecule has 2 heteroatoms. The summed E-state index contributed by atoms with van der Waals surface area (Å²) in [5.74, 6) is 0.849. The zero-order valence-corrected chi connectivity index (χ0v) is 11.1. The second kappa shape index (κ2) is 3.28. The normalized spacial score (nSPS) is 34.5. The third kappa shape index (κ3) is 1.47. The molecular formula is C14H24N2. The number of nitrogens with zero attached hydrogens (tertiary/aromatic N) is 1. The summed E-state index contributed by atoms with van der Waals surface area (Å²) in [6.07, 6.45) is 0. The molecule has 0 spiro atoms. The van der Waals surface area contributed by atoms with Crippen molar-refractivity contribution >= 4 is 0 Å². The van der Waals surface area contributed by atoms with E-state index >= 15 is 0 Å². The van der Waals surface area contributed by atoms with Crippen molar-refractivity contribution in [3.8, 4) is 0 Å². The first kappa shape index (κ1) is 11.6. The maximum absolute atomic E-state index is 4.16. The zero-order valence-electron chi connectivity index (χ0n) is 11.1. The standard InChI is InChI=1S/C14H24N2/c1-10(2)15-7-11(3)16-8-12-13(4,5)14(12,6)9-16/h12,15H,1,3,7-9H2,2,4-6H3/t12?,14-/m0/s1. The van der Waals surface area contributed by atoms with Crippen LogP contribution in [0.2, 0.25) is 0 Å². The van der Waals surface area contributed by atoms with E-state index in [1.54, 1.807) is 0 Å². The summed E-state index contributed by atoms with van der Waals surface area (Å²) in [7, 11) is 0. The van der Waals surface area contributed by atoms with E-state index in [2.05, 4.69) is 44.1 Å². The number of fused-ring (bicyclic) bond motifs is 1. The molecule has 0 aromatic heterocycles. The third-order valence-electron chi connectivity index (χ3n) is 4.99. The molecule has 1 unspecified atom stereocenters. The summed E-state index contributed by atoms with van der Waals surface area (Å²) in [5, 5.41) is 3.25. The second-order valence-electron chi connectivity index (χ2n) is 6.27. The molecule has 2 aliphatic rings. The van der Waals surface area contributed by atoms with Crippen LogP contribution in [0.1, 0.15) is 27.7 Å². The minimum atomic E-state index is 0.513. The molecule has 0 aromatic carbocycles. The monoisotopic (exact) mass is 220 g/mol. The van der Waals surface area contributed by atoms with Gasteiger partial charge < -0.3 is 10.2 Å². The SMILES string of the molecule is C=C(C)NCC(=C)N1CC2C(C)(C)[C@@]2(C)C1. The van der Waals surface area contributed by atoms with Crippen LogP contribution < -0.4 is 5.32 Å². The van der Waals surface area contributed by atoms with Gasteiger partial charge in [-0.05, 0) is 23.7 Å². The fraction of sp³-hybridized carbons (Fsp3) is 0.714. The Kier molecular flexibility index (Phi) is 2.37. The Hall–Kier alpha value is -0.920. The van der Waals surface area contributed by atoms with Crippen LogP contribution >= 0.6 is 0 Å². The quantitative estimate of drug-likeness (QED) is 0.783. The van der Waals surface area contributed by atoms with Gasteiger partial charge in [-0.15, -0.1) is 0 Å². The summed E-state index contributed by atoms with van der Waals surface area (Å²) in [5.41, 5.74) is 3.26. The van der Waals surface area contributed by atoms with Gasteiger partial charge in [0.05, 0.1) is 6.54 Å². The Balaban J connectivity index is 1.88. The van der Waals surface area contributed by atoms with Crippen LogP contribution in [0.3, 0.4) is 0 Å². The summed E-state index contributed by atoms with van der Waals surface area (Å²) in [4.78, 5) is 2.44. The zero-order chi connectivity index (χ0) is 12.1. The Bertz CT molecular complexity index is 343. The van der Waals surface area contributed by atoms with Crippen molar-refractivity contribution in [3.05, 3.63) is 24.6 Å². The van der Waals surface area contributed by atoms with Crippen molar-refractivity contribution in [1.82, 2.24) is 10.2 Å². The van der Waals surface area contributed by atoms with E-state index < -0.39 is 0 Å². The molecule has 1 heterocycles. The largest absolute Gasteiger partial charge is 0.384 e. The minimum absolute atomic E-state index is 0.513. The molecule has 2 fully saturated rings. The third-order valence-corrected chi connectivity index (χ3v) is 4.99. The van der Waals surface area contributed by atoms with Gasteiger partial charge in [-0.1, -0.05) is 33.9 Å². The van der Waals surface area contributed by atoms with Gasteiger partial charge in [0, 0.05) is 24.5 Å². The molecule has 1 saturated carbocycles. The first-order valence-corrected chi connectivity index (χ1v) is 6.11. The lowest BCUT2D eigenvalue weighted by Gasteiger charge is -2.28. The van der Waals surface area contributed by atoms with Gasteiger partial charge in [0.1, 0.15) is 0 Å². The Morgan fingerprint density at radius 3 is 2.44 bits per heavy atom. The highest BCUT2D eigenvalue weighted by atomic mass is 15.2. The molecule has 0 bridgehead atoms. The molecule has 0 radical (unpaired) electrons. The van der Waals surface area contributed by atoms with Crippen LogP contribution in [-0.4, -0.2) is 24.5 Å². The van der Waals surface area contributed by atoms with Crippen molar-refractivity contribution in [1.29, 1.82) is 0 Å². The molecule has 16 heavy (non-hydrogen) atoms. The molecule has 0 aromatic rings. The molecule has 1 saturated heterocycles. The predicted molar refractivity (Wildman–Crippen MR) is 68.9 cm³/mol. The van der Waals surface area contributed by atoms with Crippen molar-refractivity contribution in [2.75, 3.05) is 19.6 Å². The maximum Gasteiger partial charge on any atom is 0.0540 e. The molecule has 1 aliphatic heterocycles. The van der Waals surface area contributed by atoms with Crippen molar-refractivity contribution in [2.24, 2.45) is 16.7 Å². The van der Waals surface area contributed by atoms with Crippen molar-refractivity contribution < 1.29 is 0 Å². The number of hydrogen-bond donors (Lipinski definition) is 1. The van der Waals surface area contributed by atoms with Crippen LogP contribution in [0.5, 0.6) is 0 Å². The predicted octanol–water partition coefficient (Wildman–Crippen LogP) is 2.60. The van der Waals surface area contributed by atoms with E-state index in [1.165, 1.54) is 18.8 Å². The number of hydrogen-bond acceptors (Lipinski definition) is 2. The second-order valence-corrected chi connectivity index (χ2v) is 6.27. The maximum atomic E-state index is 4.16. The highest BCUT2D eigenvalue weighted by molar-refractivity contribution is 5.23. The summed E-state index contributed by atoms with van der Waals surface area (Å²) in [6, 6.07) is 0. The average molecular weight is 220 g/mol. The van der Waals surface area contributed by atoms with Gasteiger partial charge in [-0.3, -0.25) is 0 Å². The molecule has 90 valence electrons. The molecule has 0 amide bonds. The lowest BCUT2D eigenvalue weighted by molar-refractivity contribution is 0.270. The van der Waals surface area contributed by atoms with Gasteiger partial charge in [-0.2, -0.15) is 0 Å². The van der Waals surface area contributed by atoms with Crippen LogP contribution in [0, 0.1) is 16.7 Å². The van der Waals surface area contributed by atoms with E-state index in [-0.39, 0.29) is 0 Å². The molecule has 2 atom stereocenters. The summed E-state index contributed by atoms with van der Waals surface area (Å²) >= 11 is 0. The number of piperidine rings is 1. The minimum Gasteiger partial charge on any atom is -0.384 e. The lowest BCUT2D eigenvalue weighted by atomic mass is 9.97. The Labute approximate surface area is 99.4 Å². The summed E-state index contributed by atoms with van der Waals surface area (Å²) < 4.78 is 0. The molecule has 1 N–H and O–H groups in total. The first-order valence-electron chi connectivity index (χ1n) is 6.11. The number of nitrogens with one attached hydrogen (secondary N) is 1. The Morgan fingerprint density at radius 1 is 1.38 bits per heavy atom. The first-order chi connectivity index (χ1) is 7.29. The van der Waals surface area contributed by atoms with Gasteiger partial charge in [0.2, 0.25) is 0 Å². The van der Waals surface area contributed by atoms with E-state index in [0.29, 0.717) is 10.8 Å². The van der Waals surface area contributed by atoms with Crippen LogP contribution in [0.15, 0.2) is 24.6 Å². The van der Waals surface area contributed by atoms with E-state index in [0.717, 1.165) is 18.2 Å². The molecule has 1 aliphatic carbocycles. The van der Waals surface area contributed by atoms with E-state index in [9.17, 15) is 0 Å². The topological polar surface area (TPSA) is 15.3 Å². The van der Waals surface area contributed by atoms with E-state index in [4.69, 9.17) is 0 Å². The molecular weight excluding hydrogens is 196 g/mol. The highest BCUT2D eigenvalue weighted by Gasteiger charge is 2.71. The lowest BCUT2D eigenvalue weighted by Crippen LogP contribution is -2.32. The molecule has 2 nitrogen and oxygen atoms in total. The average Bonchev–Trinajstić information content (AvgIpc) is 2.51. The summed E-state index contributed by atoms with van der Waals surface area (Å²) in [6.45, 7) is 20.4. The number of rotatable bonds is 4. The van der Waals surface area contributed by atoms with Gasteiger partial charge >= 0.3 is 0 Å². The number of allylic oxidation sites excluding steroid dienone is 1. The van der Waals surface area contributed by atoms with Gasteiger partial charge in [0.15, 0.2) is 0 Å². The van der Waals surface area contributed by atoms with Crippen LogP contribution in [0.4, 0.5) is 0 Å². The Morgan fingerprint density at radius 2 is 2.00 bits per heavy atom. The van der Waals surface area contributed by atoms with Crippen molar-refractivity contribution in [3.63, 3.8) is 0 Å².